The number of rotatable bonds is 6. The van der Waals surface area contributed by atoms with Crippen LogP contribution in [-0.4, -0.2) is 12.6 Å². The second-order valence-electron chi connectivity index (χ2n) is 5.73. The predicted molar refractivity (Wildman–Crippen MR) is 68.1 cm³/mol. The molecule has 1 N–H and O–H groups in total. The zero-order chi connectivity index (χ0) is 11.1. The van der Waals surface area contributed by atoms with Gasteiger partial charge in [0.25, 0.3) is 0 Å². The van der Waals surface area contributed by atoms with E-state index in [2.05, 4.69) is 26.1 Å². The average molecular weight is 211 g/mol. The second-order valence-corrected chi connectivity index (χ2v) is 5.73. The van der Waals surface area contributed by atoms with Crippen LogP contribution in [0.3, 0.4) is 0 Å². The van der Waals surface area contributed by atoms with Crippen molar-refractivity contribution < 1.29 is 0 Å². The summed E-state index contributed by atoms with van der Waals surface area (Å²) in [4.78, 5) is 0. The molecule has 0 spiro atoms. The van der Waals surface area contributed by atoms with Gasteiger partial charge in [0.2, 0.25) is 0 Å². The summed E-state index contributed by atoms with van der Waals surface area (Å²) in [6.45, 7) is 8.06. The molecule has 1 fully saturated rings. The van der Waals surface area contributed by atoms with Gasteiger partial charge >= 0.3 is 0 Å². The monoisotopic (exact) mass is 211 g/mol. The normalized spacial score (nSPS) is 27.2. The first kappa shape index (κ1) is 13.0. The van der Waals surface area contributed by atoms with E-state index < -0.39 is 0 Å². The van der Waals surface area contributed by atoms with Gasteiger partial charge in [-0.1, -0.05) is 59.3 Å². The van der Waals surface area contributed by atoms with Crippen LogP contribution in [0.25, 0.3) is 0 Å². The van der Waals surface area contributed by atoms with Crippen LogP contribution in [-0.2, 0) is 0 Å². The summed E-state index contributed by atoms with van der Waals surface area (Å²) in [7, 11) is 0. The minimum absolute atomic E-state index is 0.653. The molecule has 1 aliphatic rings. The Morgan fingerprint density at radius 2 is 1.73 bits per heavy atom. The van der Waals surface area contributed by atoms with Crippen molar-refractivity contribution in [3.05, 3.63) is 0 Å². The van der Waals surface area contributed by atoms with Gasteiger partial charge in [0.1, 0.15) is 0 Å². The maximum atomic E-state index is 3.49. The summed E-state index contributed by atoms with van der Waals surface area (Å²) in [6.07, 6.45) is 10.2. The molecule has 0 atom stereocenters. The van der Waals surface area contributed by atoms with Gasteiger partial charge in [-0.15, -0.1) is 0 Å². The van der Waals surface area contributed by atoms with E-state index in [0.717, 1.165) is 11.8 Å². The van der Waals surface area contributed by atoms with Gasteiger partial charge in [-0.3, -0.25) is 0 Å². The molecular weight excluding hydrogens is 182 g/mol. The summed E-state index contributed by atoms with van der Waals surface area (Å²) in [5.41, 5.74) is 0. The Morgan fingerprint density at radius 1 is 1.07 bits per heavy atom. The fourth-order valence-electron chi connectivity index (χ4n) is 2.57. The number of hydrogen-bond acceptors (Lipinski definition) is 1. The van der Waals surface area contributed by atoms with Crippen molar-refractivity contribution in [1.82, 2.24) is 5.32 Å². The summed E-state index contributed by atoms with van der Waals surface area (Å²) in [5.74, 6) is 2.06. The maximum absolute atomic E-state index is 3.49. The Morgan fingerprint density at radius 3 is 2.33 bits per heavy atom. The van der Waals surface area contributed by atoms with Crippen LogP contribution in [0.2, 0.25) is 0 Å². The van der Waals surface area contributed by atoms with Gasteiger partial charge in [0.15, 0.2) is 0 Å². The zero-order valence-corrected chi connectivity index (χ0v) is 10.9. The highest BCUT2D eigenvalue weighted by Gasteiger charge is 2.17. The lowest BCUT2D eigenvalue weighted by atomic mass is 9.81. The summed E-state index contributed by atoms with van der Waals surface area (Å²) in [6, 6.07) is 0.653. The van der Waals surface area contributed by atoms with Gasteiger partial charge in [0, 0.05) is 6.04 Å². The van der Waals surface area contributed by atoms with Crippen molar-refractivity contribution >= 4 is 0 Å². The molecule has 0 aromatic carbocycles. The van der Waals surface area contributed by atoms with Crippen LogP contribution in [0.1, 0.15) is 65.7 Å². The van der Waals surface area contributed by atoms with Crippen LogP contribution >= 0.6 is 0 Å². The van der Waals surface area contributed by atoms with Crippen LogP contribution in [0.4, 0.5) is 0 Å². The Kier molecular flexibility index (Phi) is 6.31. The van der Waals surface area contributed by atoms with E-state index in [-0.39, 0.29) is 0 Å². The van der Waals surface area contributed by atoms with Gasteiger partial charge in [0.05, 0.1) is 0 Å². The maximum Gasteiger partial charge on any atom is 0.00103 e. The minimum Gasteiger partial charge on any atom is -0.315 e. The van der Waals surface area contributed by atoms with Crippen molar-refractivity contribution in [3.63, 3.8) is 0 Å². The van der Waals surface area contributed by atoms with Gasteiger partial charge in [-0.2, -0.15) is 0 Å². The molecule has 90 valence electrons. The molecule has 1 rings (SSSR count). The first-order valence-electron chi connectivity index (χ1n) is 6.92. The SMILES string of the molecule is CC1CCC(CCCCNC(C)C)CC1. The van der Waals surface area contributed by atoms with Crippen molar-refractivity contribution in [2.75, 3.05) is 6.54 Å². The lowest BCUT2D eigenvalue weighted by molar-refractivity contribution is 0.271. The molecular formula is C14H29N. The number of nitrogens with one attached hydrogen (secondary N) is 1. The molecule has 0 unspecified atom stereocenters. The third kappa shape index (κ3) is 6.19. The van der Waals surface area contributed by atoms with Crippen LogP contribution in [0.15, 0.2) is 0 Å². The highest BCUT2D eigenvalue weighted by Crippen LogP contribution is 2.31. The Balaban J connectivity index is 1.91. The lowest BCUT2D eigenvalue weighted by Crippen LogP contribution is -2.23. The third-order valence-corrected chi connectivity index (χ3v) is 3.73. The van der Waals surface area contributed by atoms with Crippen molar-refractivity contribution in [3.8, 4) is 0 Å². The second kappa shape index (κ2) is 7.27. The quantitative estimate of drug-likeness (QED) is 0.655. The molecule has 15 heavy (non-hydrogen) atoms. The number of unbranched alkanes of at least 4 members (excludes halogenated alkanes) is 1. The van der Waals surface area contributed by atoms with Crippen molar-refractivity contribution in [2.24, 2.45) is 11.8 Å². The smallest absolute Gasteiger partial charge is 0.00103 e. The molecule has 0 radical (unpaired) electrons. The number of hydrogen-bond donors (Lipinski definition) is 1. The van der Waals surface area contributed by atoms with E-state index >= 15 is 0 Å². The van der Waals surface area contributed by atoms with Gasteiger partial charge in [-0.25, -0.2) is 0 Å². The van der Waals surface area contributed by atoms with Crippen LogP contribution in [0.5, 0.6) is 0 Å². The van der Waals surface area contributed by atoms with Crippen LogP contribution < -0.4 is 5.32 Å². The van der Waals surface area contributed by atoms with E-state index in [1.165, 1.54) is 51.5 Å². The molecule has 1 nitrogen and oxygen atoms in total. The molecule has 0 bridgehead atoms. The van der Waals surface area contributed by atoms with E-state index in [9.17, 15) is 0 Å². The van der Waals surface area contributed by atoms with E-state index in [4.69, 9.17) is 0 Å². The first-order chi connectivity index (χ1) is 7.18. The molecule has 0 heterocycles. The topological polar surface area (TPSA) is 12.0 Å². The highest BCUT2D eigenvalue weighted by atomic mass is 14.9. The summed E-state index contributed by atoms with van der Waals surface area (Å²) >= 11 is 0. The molecule has 0 saturated heterocycles. The molecule has 0 aliphatic heterocycles. The van der Waals surface area contributed by atoms with Gasteiger partial charge < -0.3 is 5.32 Å². The third-order valence-electron chi connectivity index (χ3n) is 3.73. The zero-order valence-electron chi connectivity index (χ0n) is 10.9. The Labute approximate surface area is 96.0 Å². The average Bonchev–Trinajstić information content (AvgIpc) is 2.20. The van der Waals surface area contributed by atoms with Crippen molar-refractivity contribution in [1.29, 1.82) is 0 Å². The predicted octanol–water partition coefficient (Wildman–Crippen LogP) is 3.98. The van der Waals surface area contributed by atoms with E-state index in [1.807, 2.05) is 0 Å². The molecule has 1 saturated carbocycles. The van der Waals surface area contributed by atoms with E-state index in [1.54, 1.807) is 0 Å². The molecule has 0 aromatic heterocycles. The van der Waals surface area contributed by atoms with Crippen molar-refractivity contribution in [2.45, 2.75) is 71.8 Å². The first-order valence-corrected chi connectivity index (χ1v) is 6.92. The fraction of sp³-hybridized carbons (Fsp3) is 1.00. The lowest BCUT2D eigenvalue weighted by Gasteiger charge is -2.26. The largest absolute Gasteiger partial charge is 0.315 e. The molecule has 0 amide bonds. The standard InChI is InChI=1S/C14H29N/c1-12(2)15-11-5-4-6-14-9-7-13(3)8-10-14/h12-15H,4-11H2,1-3H3. The Bertz CT molecular complexity index is 145. The van der Waals surface area contributed by atoms with Gasteiger partial charge in [-0.05, 0) is 24.8 Å². The Hall–Kier alpha value is -0.0400. The fourth-order valence-corrected chi connectivity index (χ4v) is 2.57. The van der Waals surface area contributed by atoms with Crippen LogP contribution in [0, 0.1) is 11.8 Å². The molecule has 0 aromatic rings. The summed E-state index contributed by atoms with van der Waals surface area (Å²) < 4.78 is 0. The molecule has 1 heteroatoms. The minimum atomic E-state index is 0.653. The molecule has 1 aliphatic carbocycles. The highest BCUT2D eigenvalue weighted by molar-refractivity contribution is 4.70. The van der Waals surface area contributed by atoms with E-state index in [0.29, 0.717) is 6.04 Å². The summed E-state index contributed by atoms with van der Waals surface area (Å²) in [5, 5.41) is 3.49.